The van der Waals surface area contributed by atoms with E-state index >= 15 is 0 Å². The van der Waals surface area contributed by atoms with Gasteiger partial charge in [-0.3, -0.25) is 14.5 Å². The first-order valence-corrected chi connectivity index (χ1v) is 14.2. The molecule has 2 aromatic carbocycles. The monoisotopic (exact) mass is 579 g/mol. The standard InChI is InChI=1S/C32H41N3O7/c1-38-27-9-6-25(7-10-27)22-31(36)35(15-14-33-16-19-41-20-17-33)24-32(37)34(23-28-5-4-18-42-28)13-12-26-8-11-29(39-2)30(21-26)40-3/h4-11,18,21H,12-17,19-20,22-24H2,1-3H3. The summed E-state index contributed by atoms with van der Waals surface area (Å²) in [6, 6.07) is 16.8. The van der Waals surface area contributed by atoms with E-state index in [2.05, 4.69) is 4.90 Å². The Morgan fingerprint density at radius 1 is 0.833 bits per heavy atom. The molecule has 0 spiro atoms. The van der Waals surface area contributed by atoms with E-state index in [0.717, 1.165) is 30.0 Å². The van der Waals surface area contributed by atoms with E-state index in [0.29, 0.717) is 63.1 Å². The molecular formula is C32H41N3O7. The van der Waals surface area contributed by atoms with Crippen LogP contribution >= 0.6 is 0 Å². The molecule has 2 heterocycles. The van der Waals surface area contributed by atoms with Gasteiger partial charge in [-0.2, -0.15) is 0 Å². The SMILES string of the molecule is COc1ccc(CC(=O)N(CCN2CCOCC2)CC(=O)N(CCc2ccc(OC)c(OC)c2)Cc2ccco2)cc1. The molecule has 0 atom stereocenters. The molecule has 0 radical (unpaired) electrons. The lowest BCUT2D eigenvalue weighted by Gasteiger charge is -2.31. The molecule has 10 heteroatoms. The summed E-state index contributed by atoms with van der Waals surface area (Å²) in [5.41, 5.74) is 1.87. The molecule has 42 heavy (non-hydrogen) atoms. The minimum absolute atomic E-state index is 0.0219. The number of ether oxygens (including phenoxy) is 4. The third-order valence-corrected chi connectivity index (χ3v) is 7.38. The van der Waals surface area contributed by atoms with E-state index in [4.69, 9.17) is 23.4 Å². The molecule has 10 nitrogen and oxygen atoms in total. The summed E-state index contributed by atoms with van der Waals surface area (Å²) in [5.74, 6) is 2.46. The number of hydrogen-bond acceptors (Lipinski definition) is 8. The van der Waals surface area contributed by atoms with E-state index in [1.807, 2.05) is 48.5 Å². The molecule has 1 aromatic heterocycles. The first-order valence-electron chi connectivity index (χ1n) is 14.2. The third kappa shape index (κ3) is 8.99. The Morgan fingerprint density at radius 2 is 1.57 bits per heavy atom. The number of morpholine rings is 1. The molecule has 0 unspecified atom stereocenters. The Labute approximate surface area is 247 Å². The van der Waals surface area contributed by atoms with Crippen LogP contribution in [0.4, 0.5) is 0 Å². The molecule has 0 bridgehead atoms. The zero-order valence-electron chi connectivity index (χ0n) is 24.8. The number of carbonyl (C=O) groups is 2. The molecule has 1 saturated heterocycles. The Balaban J connectivity index is 1.47. The zero-order chi connectivity index (χ0) is 29.7. The van der Waals surface area contributed by atoms with Crippen LogP contribution in [-0.4, -0.2) is 100 Å². The maximum Gasteiger partial charge on any atom is 0.242 e. The lowest BCUT2D eigenvalue weighted by atomic mass is 10.1. The molecule has 1 aliphatic heterocycles. The Hall–Kier alpha value is -4.02. The smallest absolute Gasteiger partial charge is 0.242 e. The zero-order valence-corrected chi connectivity index (χ0v) is 24.8. The van der Waals surface area contributed by atoms with Gasteiger partial charge in [-0.15, -0.1) is 0 Å². The summed E-state index contributed by atoms with van der Waals surface area (Å²) in [6.45, 7) is 4.82. The van der Waals surface area contributed by atoms with Gasteiger partial charge in [-0.05, 0) is 53.9 Å². The van der Waals surface area contributed by atoms with Crippen molar-refractivity contribution in [2.75, 3.05) is 73.8 Å². The molecule has 4 rings (SSSR count). The quantitative estimate of drug-likeness (QED) is 0.271. The molecule has 0 aliphatic carbocycles. The van der Waals surface area contributed by atoms with Gasteiger partial charge in [0.25, 0.3) is 0 Å². The maximum atomic E-state index is 13.8. The maximum absolute atomic E-state index is 13.8. The topological polar surface area (TPSA) is 93.9 Å². The molecule has 0 saturated carbocycles. The number of furan rings is 1. The largest absolute Gasteiger partial charge is 0.497 e. The predicted molar refractivity (Wildman–Crippen MR) is 158 cm³/mol. The fourth-order valence-corrected chi connectivity index (χ4v) is 4.85. The lowest BCUT2D eigenvalue weighted by molar-refractivity contribution is -0.141. The third-order valence-electron chi connectivity index (χ3n) is 7.38. The van der Waals surface area contributed by atoms with Crippen LogP contribution in [0.25, 0.3) is 0 Å². The van der Waals surface area contributed by atoms with Crippen LogP contribution in [0.2, 0.25) is 0 Å². The van der Waals surface area contributed by atoms with Gasteiger partial charge in [0, 0.05) is 32.7 Å². The number of amides is 2. The fraction of sp³-hybridized carbons (Fsp3) is 0.438. The van der Waals surface area contributed by atoms with Crippen LogP contribution in [0.3, 0.4) is 0 Å². The molecule has 226 valence electrons. The highest BCUT2D eigenvalue weighted by Gasteiger charge is 2.24. The fourth-order valence-electron chi connectivity index (χ4n) is 4.85. The van der Waals surface area contributed by atoms with Gasteiger partial charge < -0.3 is 33.2 Å². The van der Waals surface area contributed by atoms with Gasteiger partial charge >= 0.3 is 0 Å². The van der Waals surface area contributed by atoms with Gasteiger partial charge in [-0.25, -0.2) is 0 Å². The van der Waals surface area contributed by atoms with Crippen LogP contribution in [-0.2, 0) is 33.7 Å². The van der Waals surface area contributed by atoms with Crippen molar-refractivity contribution in [3.8, 4) is 17.2 Å². The minimum Gasteiger partial charge on any atom is -0.497 e. The Bertz CT molecular complexity index is 1260. The molecule has 1 fully saturated rings. The number of methoxy groups -OCH3 is 3. The number of nitrogens with zero attached hydrogens (tertiary/aromatic N) is 3. The first-order chi connectivity index (χ1) is 20.5. The lowest BCUT2D eigenvalue weighted by Crippen LogP contribution is -2.47. The highest BCUT2D eigenvalue weighted by Crippen LogP contribution is 2.28. The highest BCUT2D eigenvalue weighted by atomic mass is 16.5. The molecule has 0 N–H and O–H groups in total. The Kier molecular flexibility index (Phi) is 11.7. The normalized spacial score (nSPS) is 13.4. The summed E-state index contributed by atoms with van der Waals surface area (Å²) in [6.07, 6.45) is 2.39. The van der Waals surface area contributed by atoms with E-state index in [1.165, 1.54) is 0 Å². The van der Waals surface area contributed by atoms with Gasteiger partial charge in [0.05, 0.1) is 60.3 Å². The van der Waals surface area contributed by atoms with Crippen LogP contribution in [0.15, 0.2) is 65.3 Å². The van der Waals surface area contributed by atoms with Gasteiger partial charge in [0.1, 0.15) is 11.5 Å². The van der Waals surface area contributed by atoms with Crippen molar-refractivity contribution in [1.29, 1.82) is 0 Å². The summed E-state index contributed by atoms with van der Waals surface area (Å²) in [5, 5.41) is 0. The van der Waals surface area contributed by atoms with Crippen molar-refractivity contribution < 1.29 is 33.0 Å². The number of rotatable bonds is 15. The van der Waals surface area contributed by atoms with Gasteiger partial charge in [-0.1, -0.05) is 18.2 Å². The highest BCUT2D eigenvalue weighted by molar-refractivity contribution is 5.86. The average molecular weight is 580 g/mol. The number of carbonyl (C=O) groups excluding carboxylic acids is 2. The summed E-state index contributed by atoms with van der Waals surface area (Å²) in [7, 11) is 4.81. The van der Waals surface area contributed by atoms with Crippen LogP contribution < -0.4 is 14.2 Å². The van der Waals surface area contributed by atoms with Crippen LogP contribution in [0, 0.1) is 0 Å². The van der Waals surface area contributed by atoms with Crippen molar-refractivity contribution >= 4 is 11.8 Å². The predicted octanol–water partition coefficient (Wildman–Crippen LogP) is 3.28. The number of hydrogen-bond donors (Lipinski definition) is 0. The van der Waals surface area contributed by atoms with Crippen molar-refractivity contribution in [2.45, 2.75) is 19.4 Å². The van der Waals surface area contributed by atoms with E-state index < -0.39 is 0 Å². The summed E-state index contributed by atoms with van der Waals surface area (Å²) in [4.78, 5) is 33.1. The van der Waals surface area contributed by atoms with E-state index in [1.54, 1.807) is 43.5 Å². The first kappa shape index (κ1) is 30.9. The van der Waals surface area contributed by atoms with Crippen molar-refractivity contribution in [3.05, 3.63) is 77.7 Å². The van der Waals surface area contributed by atoms with Crippen LogP contribution in [0.5, 0.6) is 17.2 Å². The Morgan fingerprint density at radius 3 is 2.24 bits per heavy atom. The van der Waals surface area contributed by atoms with E-state index in [9.17, 15) is 9.59 Å². The second-order valence-electron chi connectivity index (χ2n) is 10.1. The minimum atomic E-state index is -0.142. The molecular weight excluding hydrogens is 538 g/mol. The molecule has 3 aromatic rings. The van der Waals surface area contributed by atoms with E-state index in [-0.39, 0.29) is 24.8 Å². The van der Waals surface area contributed by atoms with Crippen LogP contribution in [0.1, 0.15) is 16.9 Å². The average Bonchev–Trinajstić information content (AvgIpc) is 3.55. The van der Waals surface area contributed by atoms with Gasteiger partial charge in [0.2, 0.25) is 11.8 Å². The number of benzene rings is 2. The second kappa shape index (κ2) is 15.8. The van der Waals surface area contributed by atoms with Crippen molar-refractivity contribution in [1.82, 2.24) is 14.7 Å². The second-order valence-corrected chi connectivity index (χ2v) is 10.1. The van der Waals surface area contributed by atoms with Gasteiger partial charge in [0.15, 0.2) is 11.5 Å². The molecule has 2 amide bonds. The summed E-state index contributed by atoms with van der Waals surface area (Å²) >= 11 is 0. The van der Waals surface area contributed by atoms with Crippen molar-refractivity contribution in [3.63, 3.8) is 0 Å². The molecule has 1 aliphatic rings. The van der Waals surface area contributed by atoms with Crippen molar-refractivity contribution in [2.24, 2.45) is 0 Å². The summed E-state index contributed by atoms with van der Waals surface area (Å²) < 4.78 is 27.1.